The highest BCUT2D eigenvalue weighted by atomic mass is 16.5. The van der Waals surface area contributed by atoms with Gasteiger partial charge < -0.3 is 19.0 Å². The third kappa shape index (κ3) is 5.90. The van der Waals surface area contributed by atoms with Crippen molar-refractivity contribution in [2.24, 2.45) is 5.92 Å². The first kappa shape index (κ1) is 24.9. The first-order chi connectivity index (χ1) is 16.9. The Morgan fingerprint density at radius 3 is 2.54 bits per heavy atom. The second kappa shape index (κ2) is 11.0. The van der Waals surface area contributed by atoms with Gasteiger partial charge in [-0.05, 0) is 43.0 Å². The van der Waals surface area contributed by atoms with Gasteiger partial charge in [0.05, 0.1) is 18.6 Å². The number of ether oxygens (including phenoxy) is 1. The number of hydrogen-bond acceptors (Lipinski definition) is 6. The lowest BCUT2D eigenvalue weighted by atomic mass is 9.97. The molecule has 1 aliphatic heterocycles. The number of piperazine rings is 1. The van der Waals surface area contributed by atoms with Crippen molar-refractivity contribution in [1.29, 1.82) is 0 Å². The van der Waals surface area contributed by atoms with E-state index in [-0.39, 0.29) is 5.91 Å². The van der Waals surface area contributed by atoms with E-state index in [1.54, 1.807) is 19.2 Å². The number of amides is 1. The van der Waals surface area contributed by atoms with Gasteiger partial charge in [0, 0.05) is 51.7 Å². The van der Waals surface area contributed by atoms with Gasteiger partial charge in [-0.2, -0.15) is 0 Å². The van der Waals surface area contributed by atoms with Gasteiger partial charge in [0.2, 0.25) is 0 Å². The number of rotatable bonds is 8. The molecule has 1 saturated heterocycles. The average molecular weight is 477 g/mol. The summed E-state index contributed by atoms with van der Waals surface area (Å²) in [5.74, 6) is 2.59. The molecule has 0 spiro atoms. The topological polar surface area (TPSA) is 71.7 Å². The minimum absolute atomic E-state index is 0.0616. The van der Waals surface area contributed by atoms with Crippen LogP contribution in [-0.4, -0.2) is 54.1 Å². The Morgan fingerprint density at radius 2 is 1.89 bits per heavy atom. The Balaban J connectivity index is 1.67. The highest BCUT2D eigenvalue weighted by Crippen LogP contribution is 2.28. The molecule has 3 aromatic rings. The van der Waals surface area contributed by atoms with Crippen LogP contribution in [0.25, 0.3) is 0 Å². The number of furan rings is 1. The zero-order chi connectivity index (χ0) is 24.9. The third-order valence-corrected chi connectivity index (χ3v) is 6.46. The minimum atomic E-state index is -0.0616. The molecule has 0 radical (unpaired) electrons. The lowest BCUT2D eigenvalue weighted by Gasteiger charge is -2.36. The van der Waals surface area contributed by atoms with Gasteiger partial charge in [-0.3, -0.25) is 4.79 Å². The number of aromatic nitrogens is 2. The number of carbonyl (C=O) groups is 1. The Kier molecular flexibility index (Phi) is 7.86. The van der Waals surface area contributed by atoms with E-state index in [1.165, 1.54) is 23.0 Å². The molecule has 0 N–H and O–H groups in total. The molecule has 0 saturated carbocycles. The van der Waals surface area contributed by atoms with Crippen molar-refractivity contribution in [2.75, 3.05) is 38.2 Å². The van der Waals surface area contributed by atoms with Crippen LogP contribution in [0.15, 0.2) is 41.0 Å². The zero-order valence-electron chi connectivity index (χ0n) is 21.5. The molecule has 1 aromatic carbocycles. The molecule has 0 atom stereocenters. The monoisotopic (exact) mass is 476 g/mol. The fraction of sp³-hybridized carbons (Fsp3) is 0.464. The maximum Gasteiger partial charge on any atom is 0.289 e. The Bertz CT molecular complexity index is 1150. The van der Waals surface area contributed by atoms with E-state index >= 15 is 0 Å². The van der Waals surface area contributed by atoms with E-state index in [9.17, 15) is 4.79 Å². The van der Waals surface area contributed by atoms with Crippen LogP contribution < -0.4 is 4.90 Å². The highest BCUT2D eigenvalue weighted by molar-refractivity contribution is 5.91. The maximum absolute atomic E-state index is 12.8. The molecule has 186 valence electrons. The predicted octanol–water partition coefficient (Wildman–Crippen LogP) is 4.58. The third-order valence-electron chi connectivity index (χ3n) is 6.46. The van der Waals surface area contributed by atoms with Crippen LogP contribution >= 0.6 is 0 Å². The Morgan fingerprint density at radius 1 is 1.11 bits per heavy atom. The van der Waals surface area contributed by atoms with Crippen LogP contribution in [0.4, 0.5) is 5.82 Å². The fourth-order valence-electron chi connectivity index (χ4n) is 4.58. The molecule has 7 nitrogen and oxygen atoms in total. The Hall–Kier alpha value is -3.19. The van der Waals surface area contributed by atoms with E-state index in [0.29, 0.717) is 44.5 Å². The van der Waals surface area contributed by atoms with E-state index in [0.717, 1.165) is 35.7 Å². The molecule has 0 unspecified atom stereocenters. The number of methoxy groups -OCH3 is 1. The van der Waals surface area contributed by atoms with E-state index in [2.05, 4.69) is 50.8 Å². The molecule has 1 amide bonds. The van der Waals surface area contributed by atoms with Crippen molar-refractivity contribution in [3.63, 3.8) is 0 Å². The Labute approximate surface area is 208 Å². The van der Waals surface area contributed by atoms with Crippen molar-refractivity contribution in [1.82, 2.24) is 14.9 Å². The zero-order valence-corrected chi connectivity index (χ0v) is 21.5. The van der Waals surface area contributed by atoms with Crippen LogP contribution in [0, 0.1) is 19.8 Å². The smallest absolute Gasteiger partial charge is 0.289 e. The summed E-state index contributed by atoms with van der Waals surface area (Å²) in [7, 11) is 1.71. The molecule has 4 rings (SSSR count). The minimum Gasteiger partial charge on any atom is -0.459 e. The summed E-state index contributed by atoms with van der Waals surface area (Å²) in [5.41, 5.74) is 5.82. The van der Waals surface area contributed by atoms with Crippen molar-refractivity contribution in [3.8, 4) is 0 Å². The van der Waals surface area contributed by atoms with Gasteiger partial charge in [-0.1, -0.05) is 37.6 Å². The van der Waals surface area contributed by atoms with E-state index < -0.39 is 0 Å². The normalized spacial score (nSPS) is 14.1. The summed E-state index contributed by atoms with van der Waals surface area (Å²) in [6, 6.07) is 10.0. The number of aryl methyl sites for hydroxylation is 2. The van der Waals surface area contributed by atoms with Crippen molar-refractivity contribution in [3.05, 3.63) is 76.1 Å². The van der Waals surface area contributed by atoms with E-state index in [4.69, 9.17) is 19.1 Å². The largest absolute Gasteiger partial charge is 0.459 e. The van der Waals surface area contributed by atoms with Crippen LogP contribution in [0.2, 0.25) is 0 Å². The first-order valence-electron chi connectivity index (χ1n) is 12.4. The first-order valence-corrected chi connectivity index (χ1v) is 12.4. The highest BCUT2D eigenvalue weighted by Gasteiger charge is 2.27. The fourth-order valence-corrected chi connectivity index (χ4v) is 4.58. The molecule has 3 heterocycles. The second-order valence-electron chi connectivity index (χ2n) is 9.78. The summed E-state index contributed by atoms with van der Waals surface area (Å²) in [4.78, 5) is 27.0. The maximum atomic E-state index is 12.8. The van der Waals surface area contributed by atoms with Crippen molar-refractivity contribution < 1.29 is 13.9 Å². The lowest BCUT2D eigenvalue weighted by Crippen LogP contribution is -2.49. The summed E-state index contributed by atoms with van der Waals surface area (Å²) in [5, 5.41) is 0. The number of anilines is 1. The molecule has 35 heavy (non-hydrogen) atoms. The summed E-state index contributed by atoms with van der Waals surface area (Å²) >= 11 is 0. The van der Waals surface area contributed by atoms with Crippen LogP contribution in [0.3, 0.4) is 0 Å². The second-order valence-corrected chi connectivity index (χ2v) is 9.78. The van der Waals surface area contributed by atoms with Crippen LogP contribution in [0.1, 0.15) is 58.2 Å². The number of carbonyl (C=O) groups excluding carboxylic acids is 1. The number of nitrogens with zero attached hydrogens (tertiary/aromatic N) is 4. The molecular weight excluding hydrogens is 440 g/mol. The SMILES string of the molecule is COCc1nc(CC(C)C)nc(N2CCN(C(=O)c3ccco3)CC2)c1Cc1cc(C)ccc1C. The van der Waals surface area contributed by atoms with Crippen molar-refractivity contribution in [2.45, 2.75) is 47.1 Å². The molecule has 0 bridgehead atoms. The molecule has 2 aromatic heterocycles. The van der Waals surface area contributed by atoms with Gasteiger partial charge in [-0.15, -0.1) is 0 Å². The predicted molar refractivity (Wildman–Crippen MR) is 137 cm³/mol. The van der Waals surface area contributed by atoms with Crippen LogP contribution in [0.5, 0.6) is 0 Å². The van der Waals surface area contributed by atoms with Gasteiger partial charge >= 0.3 is 0 Å². The van der Waals surface area contributed by atoms with Gasteiger partial charge in [0.15, 0.2) is 5.76 Å². The molecule has 0 aliphatic carbocycles. The summed E-state index contributed by atoms with van der Waals surface area (Å²) < 4.78 is 10.9. The molecular formula is C28H36N4O3. The quantitative estimate of drug-likeness (QED) is 0.474. The van der Waals surface area contributed by atoms with Gasteiger partial charge in [0.1, 0.15) is 11.6 Å². The molecule has 7 heteroatoms. The standard InChI is InChI=1S/C28H36N4O3/c1-19(2)15-26-29-24(18-34-5)23(17-22-16-20(3)8-9-21(22)4)27(30-26)31-10-12-32(13-11-31)28(33)25-7-6-14-35-25/h6-9,14,16,19H,10-13,15,17-18H2,1-5H3. The van der Waals surface area contributed by atoms with Crippen molar-refractivity contribution >= 4 is 11.7 Å². The average Bonchev–Trinajstić information content (AvgIpc) is 3.37. The number of benzene rings is 1. The van der Waals surface area contributed by atoms with E-state index in [1.807, 2.05) is 4.90 Å². The van der Waals surface area contributed by atoms with Gasteiger partial charge in [0.25, 0.3) is 5.91 Å². The lowest BCUT2D eigenvalue weighted by molar-refractivity contribution is 0.0714. The molecule has 1 fully saturated rings. The van der Waals surface area contributed by atoms with Gasteiger partial charge in [-0.25, -0.2) is 9.97 Å². The summed E-state index contributed by atoms with van der Waals surface area (Å²) in [6.07, 6.45) is 3.09. The van der Waals surface area contributed by atoms with Crippen LogP contribution in [-0.2, 0) is 24.2 Å². The summed E-state index contributed by atoms with van der Waals surface area (Å²) in [6.45, 7) is 11.7. The number of hydrogen-bond donors (Lipinski definition) is 0. The molecule has 1 aliphatic rings.